The van der Waals surface area contributed by atoms with Gasteiger partial charge in [0.2, 0.25) is 0 Å². The van der Waals surface area contributed by atoms with Crippen molar-refractivity contribution in [2.75, 3.05) is 27.2 Å². The largest absolute Gasteiger partial charge is 0.490 e. The molecule has 2 rings (SSSR count). The number of hydrogen-bond acceptors (Lipinski definition) is 4. The van der Waals surface area contributed by atoms with E-state index in [0.29, 0.717) is 11.7 Å². The first-order valence-electron chi connectivity index (χ1n) is 6.79. The van der Waals surface area contributed by atoms with Gasteiger partial charge in [-0.1, -0.05) is 18.2 Å². The average molecular weight is 276 g/mol. The molecule has 0 N–H and O–H groups in total. The molecule has 5 nitrogen and oxygen atoms in total. The van der Waals surface area contributed by atoms with E-state index in [1.54, 1.807) is 12.1 Å². The Morgan fingerprint density at radius 3 is 2.70 bits per heavy atom. The lowest BCUT2D eigenvalue weighted by atomic mass is 9.96. The van der Waals surface area contributed by atoms with E-state index in [4.69, 9.17) is 4.74 Å². The van der Waals surface area contributed by atoms with Crippen LogP contribution in [0.5, 0.6) is 5.75 Å². The number of likely N-dealkylation sites (tertiary alicyclic amines) is 1. The van der Waals surface area contributed by atoms with E-state index in [0.717, 1.165) is 31.5 Å². The Kier molecular flexibility index (Phi) is 4.74. The number of nitrogens with zero attached hydrogens (tertiary/aromatic N) is 2. The van der Waals surface area contributed by atoms with E-state index >= 15 is 0 Å². The van der Waals surface area contributed by atoms with Crippen LogP contribution in [0, 0.1) is 16.0 Å². The highest BCUT2D eigenvalue weighted by molar-refractivity contribution is 5.58. The molecule has 1 aliphatic heterocycles. The normalized spacial score (nSPS) is 17.5. The Morgan fingerprint density at radius 1 is 1.40 bits per heavy atom. The number of ether oxygens (including phenoxy) is 1. The van der Waals surface area contributed by atoms with Gasteiger partial charge in [0.05, 0.1) is 12.0 Å². The molecule has 0 saturated carbocycles. The first-order chi connectivity index (χ1) is 9.60. The molecule has 1 aromatic rings. The minimum Gasteiger partial charge on any atom is -0.490 e. The van der Waals surface area contributed by atoms with Crippen molar-refractivity contribution in [1.29, 1.82) is 0 Å². The number of piperidine rings is 1. The number of methoxy groups -OCH3 is 1. The van der Waals surface area contributed by atoms with E-state index in [9.17, 15) is 10.1 Å². The minimum absolute atomic E-state index is 0.0121. The van der Waals surface area contributed by atoms with Gasteiger partial charge >= 0.3 is 5.69 Å². The molecule has 1 aliphatic rings. The van der Waals surface area contributed by atoms with Crippen LogP contribution < -0.4 is 4.74 Å². The Labute approximate surface area is 119 Å². The summed E-state index contributed by atoms with van der Waals surface area (Å²) in [7, 11) is 3.57. The topological polar surface area (TPSA) is 55.6 Å². The fraction of sp³-hybridized carbons (Fsp3) is 0.467. The van der Waals surface area contributed by atoms with Crippen molar-refractivity contribution in [1.82, 2.24) is 4.90 Å². The monoisotopic (exact) mass is 276 g/mol. The van der Waals surface area contributed by atoms with Crippen LogP contribution in [0.3, 0.4) is 0 Å². The van der Waals surface area contributed by atoms with Gasteiger partial charge in [-0.2, -0.15) is 0 Å². The van der Waals surface area contributed by atoms with E-state index in [1.165, 1.54) is 7.11 Å². The molecule has 108 valence electrons. The van der Waals surface area contributed by atoms with Crippen LogP contribution in [0.1, 0.15) is 18.4 Å². The average Bonchev–Trinajstić information content (AvgIpc) is 2.46. The second kappa shape index (κ2) is 6.52. The molecular weight excluding hydrogens is 256 g/mol. The van der Waals surface area contributed by atoms with Crippen molar-refractivity contribution < 1.29 is 9.66 Å². The summed E-state index contributed by atoms with van der Waals surface area (Å²) in [5.74, 6) is 0.860. The van der Waals surface area contributed by atoms with Gasteiger partial charge < -0.3 is 9.64 Å². The molecule has 1 saturated heterocycles. The third-order valence-corrected chi connectivity index (χ3v) is 3.72. The fourth-order valence-corrected chi connectivity index (χ4v) is 2.42. The number of nitro benzene ring substituents is 1. The highest BCUT2D eigenvalue weighted by Crippen LogP contribution is 2.28. The highest BCUT2D eigenvalue weighted by atomic mass is 16.6. The van der Waals surface area contributed by atoms with E-state index < -0.39 is 4.92 Å². The summed E-state index contributed by atoms with van der Waals surface area (Å²) in [6.07, 6.45) is 6.43. The number of allylic oxidation sites excluding steroid dienone is 1. The van der Waals surface area contributed by atoms with Gasteiger partial charge in [-0.3, -0.25) is 10.1 Å². The molecule has 20 heavy (non-hydrogen) atoms. The summed E-state index contributed by atoms with van der Waals surface area (Å²) in [6.45, 7) is 2.22. The Morgan fingerprint density at radius 2 is 2.10 bits per heavy atom. The van der Waals surface area contributed by atoms with Gasteiger partial charge in [-0.05, 0) is 50.5 Å². The fourth-order valence-electron chi connectivity index (χ4n) is 2.42. The van der Waals surface area contributed by atoms with Crippen LogP contribution in [0.4, 0.5) is 5.69 Å². The van der Waals surface area contributed by atoms with Crippen LogP contribution in [-0.2, 0) is 0 Å². The number of nitro groups is 1. The third-order valence-electron chi connectivity index (χ3n) is 3.72. The summed E-state index contributed by atoms with van der Waals surface area (Å²) in [5, 5.41) is 11.0. The zero-order valence-corrected chi connectivity index (χ0v) is 11.9. The molecule has 0 amide bonds. The number of hydrogen-bond donors (Lipinski definition) is 0. The SMILES string of the molecule is COc1ccc(/C=C\C2CCN(C)CC2)cc1[N+](=O)[O-]. The summed E-state index contributed by atoms with van der Waals surface area (Å²) in [4.78, 5) is 12.9. The van der Waals surface area contributed by atoms with Gasteiger partial charge in [0.15, 0.2) is 5.75 Å². The molecule has 0 spiro atoms. The predicted molar refractivity (Wildman–Crippen MR) is 78.9 cm³/mol. The highest BCUT2D eigenvalue weighted by Gasteiger charge is 2.16. The maximum Gasteiger partial charge on any atom is 0.311 e. The van der Waals surface area contributed by atoms with Crippen LogP contribution in [0.2, 0.25) is 0 Å². The first-order valence-corrected chi connectivity index (χ1v) is 6.79. The molecule has 1 fully saturated rings. The van der Waals surface area contributed by atoms with Crippen LogP contribution in [0.15, 0.2) is 24.3 Å². The molecule has 1 heterocycles. The summed E-state index contributed by atoms with van der Waals surface area (Å²) in [6, 6.07) is 5.05. The van der Waals surface area contributed by atoms with Crippen LogP contribution in [-0.4, -0.2) is 37.1 Å². The maximum absolute atomic E-state index is 11.0. The van der Waals surface area contributed by atoms with Crippen molar-refractivity contribution in [3.8, 4) is 5.75 Å². The van der Waals surface area contributed by atoms with E-state index in [-0.39, 0.29) is 5.69 Å². The smallest absolute Gasteiger partial charge is 0.311 e. The predicted octanol–water partition coefficient (Wildman–Crippen LogP) is 2.96. The summed E-state index contributed by atoms with van der Waals surface area (Å²) in [5.41, 5.74) is 0.856. The quantitative estimate of drug-likeness (QED) is 0.626. The molecule has 5 heteroatoms. The van der Waals surface area contributed by atoms with E-state index in [2.05, 4.69) is 18.0 Å². The molecule has 0 bridgehead atoms. The van der Waals surface area contributed by atoms with Gasteiger partial charge in [0, 0.05) is 6.07 Å². The third kappa shape index (κ3) is 3.57. The summed E-state index contributed by atoms with van der Waals surface area (Å²) < 4.78 is 5.00. The van der Waals surface area contributed by atoms with Crippen molar-refractivity contribution in [2.24, 2.45) is 5.92 Å². The lowest BCUT2D eigenvalue weighted by Crippen LogP contribution is -2.29. The zero-order chi connectivity index (χ0) is 14.5. The number of rotatable bonds is 4. The maximum atomic E-state index is 11.0. The van der Waals surface area contributed by atoms with Crippen molar-refractivity contribution in [3.05, 3.63) is 40.0 Å². The number of benzene rings is 1. The lowest BCUT2D eigenvalue weighted by Gasteiger charge is -2.26. The van der Waals surface area contributed by atoms with Gasteiger partial charge in [-0.15, -0.1) is 0 Å². The Bertz CT molecular complexity index is 506. The molecule has 1 aromatic carbocycles. The molecule has 0 radical (unpaired) electrons. The van der Waals surface area contributed by atoms with Crippen molar-refractivity contribution in [3.63, 3.8) is 0 Å². The van der Waals surface area contributed by atoms with E-state index in [1.807, 2.05) is 12.1 Å². The standard InChI is InChI=1S/C15H20N2O3/c1-16-9-7-12(8-10-16)3-4-13-5-6-15(20-2)14(11-13)17(18)19/h3-6,11-12H,7-10H2,1-2H3/b4-3-. The molecule has 0 aliphatic carbocycles. The van der Waals surface area contributed by atoms with Gasteiger partial charge in [-0.25, -0.2) is 0 Å². The lowest BCUT2D eigenvalue weighted by molar-refractivity contribution is -0.385. The summed E-state index contributed by atoms with van der Waals surface area (Å²) >= 11 is 0. The van der Waals surface area contributed by atoms with Crippen molar-refractivity contribution >= 4 is 11.8 Å². The minimum atomic E-state index is -0.411. The molecule has 0 atom stereocenters. The Balaban J connectivity index is 2.09. The van der Waals surface area contributed by atoms with Crippen molar-refractivity contribution in [2.45, 2.75) is 12.8 Å². The van der Waals surface area contributed by atoms with Crippen LogP contribution >= 0.6 is 0 Å². The Hall–Kier alpha value is -1.88. The first kappa shape index (κ1) is 14.5. The van der Waals surface area contributed by atoms with Gasteiger partial charge in [0.1, 0.15) is 0 Å². The second-order valence-electron chi connectivity index (χ2n) is 5.19. The molecular formula is C15H20N2O3. The van der Waals surface area contributed by atoms with Gasteiger partial charge in [0.25, 0.3) is 0 Å². The molecule has 0 aromatic heterocycles. The second-order valence-corrected chi connectivity index (χ2v) is 5.19. The van der Waals surface area contributed by atoms with Crippen LogP contribution in [0.25, 0.3) is 6.08 Å². The zero-order valence-electron chi connectivity index (χ0n) is 11.9. The molecule has 0 unspecified atom stereocenters.